The molecule has 0 saturated carbocycles. The first kappa shape index (κ1) is 24.2. The first-order valence-electron chi connectivity index (χ1n) is 11.4. The van der Waals surface area contributed by atoms with Crippen LogP contribution in [0.4, 0.5) is 0 Å². The number of ether oxygens (including phenoxy) is 1. The van der Waals surface area contributed by atoms with Crippen LogP contribution in [0.25, 0.3) is 0 Å². The van der Waals surface area contributed by atoms with E-state index in [1.165, 1.54) is 0 Å². The Kier molecular flexibility index (Phi) is 7.69. The maximum absolute atomic E-state index is 13.2. The molecular weight excluding hydrogens is 416 g/mol. The molecule has 1 atom stereocenters. The SMILES string of the molecule is CCOC(=O)C1=C(C)N(Cc2ccc(C(=O)NC(C)C)cc2)C(=O)CC1c1ccccc1C. The van der Waals surface area contributed by atoms with E-state index in [4.69, 9.17) is 4.74 Å². The van der Waals surface area contributed by atoms with Gasteiger partial charge >= 0.3 is 5.97 Å². The maximum Gasteiger partial charge on any atom is 0.336 e. The van der Waals surface area contributed by atoms with Gasteiger partial charge in [0.05, 0.1) is 18.7 Å². The number of aryl methyl sites for hydroxylation is 1. The molecule has 0 aliphatic carbocycles. The minimum Gasteiger partial charge on any atom is -0.463 e. The van der Waals surface area contributed by atoms with Crippen LogP contribution >= 0.6 is 0 Å². The lowest BCUT2D eigenvalue weighted by molar-refractivity contribution is -0.140. The predicted molar refractivity (Wildman–Crippen MR) is 127 cm³/mol. The molecule has 6 nitrogen and oxygen atoms in total. The summed E-state index contributed by atoms with van der Waals surface area (Å²) in [4.78, 5) is 40.0. The van der Waals surface area contributed by atoms with Gasteiger partial charge in [-0.05, 0) is 63.4 Å². The molecule has 1 heterocycles. The van der Waals surface area contributed by atoms with E-state index in [2.05, 4.69) is 5.32 Å². The van der Waals surface area contributed by atoms with Crippen LogP contribution in [-0.4, -0.2) is 35.3 Å². The van der Waals surface area contributed by atoms with Gasteiger partial charge in [0, 0.05) is 29.6 Å². The number of amides is 2. The Hall–Kier alpha value is -3.41. The molecule has 0 radical (unpaired) electrons. The average Bonchev–Trinajstić information content (AvgIpc) is 2.76. The zero-order chi connectivity index (χ0) is 24.1. The average molecular weight is 449 g/mol. The molecule has 0 fully saturated rings. The Balaban J connectivity index is 1.92. The van der Waals surface area contributed by atoms with E-state index in [-0.39, 0.29) is 42.8 Å². The van der Waals surface area contributed by atoms with Gasteiger partial charge in [-0.2, -0.15) is 0 Å². The van der Waals surface area contributed by atoms with Crippen LogP contribution in [-0.2, 0) is 20.9 Å². The standard InChI is InChI=1S/C27H32N2O4/c1-6-33-27(32)25-19(5)29(24(30)15-23(25)22-10-8-7-9-18(22)4)16-20-11-13-21(14-12-20)26(31)28-17(2)3/h7-14,17,23H,6,15-16H2,1-5H3,(H,28,31). The molecule has 174 valence electrons. The molecule has 0 saturated heterocycles. The molecule has 6 heteroatoms. The second kappa shape index (κ2) is 10.5. The molecule has 33 heavy (non-hydrogen) atoms. The molecule has 2 amide bonds. The number of allylic oxidation sites excluding steroid dienone is 1. The van der Waals surface area contributed by atoms with E-state index < -0.39 is 0 Å². The van der Waals surface area contributed by atoms with Gasteiger partial charge < -0.3 is 15.0 Å². The molecule has 2 aromatic carbocycles. The van der Waals surface area contributed by atoms with Crippen molar-refractivity contribution in [2.75, 3.05) is 6.61 Å². The van der Waals surface area contributed by atoms with E-state index in [0.29, 0.717) is 23.4 Å². The first-order valence-corrected chi connectivity index (χ1v) is 11.4. The molecule has 0 aromatic heterocycles. The number of hydrogen-bond donors (Lipinski definition) is 1. The van der Waals surface area contributed by atoms with E-state index >= 15 is 0 Å². The van der Waals surface area contributed by atoms with Gasteiger partial charge in [-0.15, -0.1) is 0 Å². The van der Waals surface area contributed by atoms with Crippen molar-refractivity contribution in [1.29, 1.82) is 0 Å². The van der Waals surface area contributed by atoms with Crippen molar-refractivity contribution in [2.45, 2.75) is 59.5 Å². The van der Waals surface area contributed by atoms with E-state index in [9.17, 15) is 14.4 Å². The number of carbonyl (C=O) groups excluding carboxylic acids is 3. The lowest BCUT2D eigenvalue weighted by Gasteiger charge is -2.35. The number of hydrogen-bond acceptors (Lipinski definition) is 4. The highest BCUT2D eigenvalue weighted by Crippen LogP contribution is 2.38. The molecule has 2 aromatic rings. The van der Waals surface area contributed by atoms with Crippen molar-refractivity contribution in [1.82, 2.24) is 10.2 Å². The first-order chi connectivity index (χ1) is 15.7. The van der Waals surface area contributed by atoms with Crippen LogP contribution in [0.2, 0.25) is 0 Å². The molecule has 3 rings (SSSR count). The Morgan fingerprint density at radius 1 is 1.09 bits per heavy atom. The van der Waals surface area contributed by atoms with Crippen LogP contribution in [0.1, 0.15) is 67.1 Å². The van der Waals surface area contributed by atoms with Crippen LogP contribution in [0.3, 0.4) is 0 Å². The topological polar surface area (TPSA) is 75.7 Å². The highest BCUT2D eigenvalue weighted by atomic mass is 16.5. The fourth-order valence-corrected chi connectivity index (χ4v) is 4.21. The van der Waals surface area contributed by atoms with Gasteiger partial charge in [-0.25, -0.2) is 4.79 Å². The second-order valence-corrected chi connectivity index (χ2v) is 8.64. The van der Waals surface area contributed by atoms with Crippen LogP contribution in [0, 0.1) is 6.92 Å². The maximum atomic E-state index is 13.2. The predicted octanol–water partition coefficient (Wildman–Crippen LogP) is 4.49. The second-order valence-electron chi connectivity index (χ2n) is 8.64. The summed E-state index contributed by atoms with van der Waals surface area (Å²) in [6.07, 6.45) is 0.200. The molecule has 1 aliphatic rings. The summed E-state index contributed by atoms with van der Waals surface area (Å²) in [5, 5.41) is 2.87. The van der Waals surface area contributed by atoms with Crippen molar-refractivity contribution in [3.63, 3.8) is 0 Å². The summed E-state index contributed by atoms with van der Waals surface area (Å²) in [7, 11) is 0. The van der Waals surface area contributed by atoms with Gasteiger partial charge in [0.15, 0.2) is 0 Å². The van der Waals surface area contributed by atoms with Gasteiger partial charge in [0.25, 0.3) is 5.91 Å². The van der Waals surface area contributed by atoms with E-state index in [1.807, 2.05) is 57.2 Å². The lowest BCUT2D eigenvalue weighted by atomic mass is 9.81. The zero-order valence-corrected chi connectivity index (χ0v) is 20.0. The summed E-state index contributed by atoms with van der Waals surface area (Å²) in [5.41, 5.74) is 4.58. The smallest absolute Gasteiger partial charge is 0.336 e. The Labute approximate surface area is 195 Å². The van der Waals surface area contributed by atoms with E-state index in [0.717, 1.165) is 16.7 Å². The molecule has 1 aliphatic heterocycles. The van der Waals surface area contributed by atoms with Gasteiger partial charge in [0.2, 0.25) is 5.91 Å². The fraction of sp³-hybridized carbons (Fsp3) is 0.370. The Bertz CT molecular complexity index is 1070. The number of nitrogens with one attached hydrogen (secondary N) is 1. The molecule has 0 bridgehead atoms. The van der Waals surface area contributed by atoms with Crippen molar-refractivity contribution in [3.05, 3.63) is 82.1 Å². The summed E-state index contributed by atoms with van der Waals surface area (Å²) >= 11 is 0. The summed E-state index contributed by atoms with van der Waals surface area (Å²) in [5.74, 6) is -0.902. The molecule has 1 N–H and O–H groups in total. The number of rotatable bonds is 7. The number of carbonyl (C=O) groups is 3. The van der Waals surface area contributed by atoms with Crippen LogP contribution < -0.4 is 5.32 Å². The van der Waals surface area contributed by atoms with Gasteiger partial charge in [0.1, 0.15) is 0 Å². The third-order valence-electron chi connectivity index (χ3n) is 5.86. The quantitative estimate of drug-likeness (QED) is 0.634. The van der Waals surface area contributed by atoms with Crippen molar-refractivity contribution >= 4 is 17.8 Å². The van der Waals surface area contributed by atoms with Crippen LogP contribution in [0.15, 0.2) is 59.8 Å². The lowest BCUT2D eigenvalue weighted by Crippen LogP contribution is -2.38. The third-order valence-corrected chi connectivity index (χ3v) is 5.86. The van der Waals surface area contributed by atoms with Crippen molar-refractivity contribution in [2.24, 2.45) is 0 Å². The normalized spacial score (nSPS) is 16.2. The largest absolute Gasteiger partial charge is 0.463 e. The monoisotopic (exact) mass is 448 g/mol. The molecular formula is C27H32N2O4. The minimum absolute atomic E-state index is 0.0459. The third kappa shape index (κ3) is 5.51. The van der Waals surface area contributed by atoms with Crippen molar-refractivity contribution < 1.29 is 19.1 Å². The van der Waals surface area contributed by atoms with Gasteiger partial charge in [-0.3, -0.25) is 9.59 Å². The fourth-order valence-electron chi connectivity index (χ4n) is 4.21. The minimum atomic E-state index is -0.388. The van der Waals surface area contributed by atoms with Gasteiger partial charge in [-0.1, -0.05) is 36.4 Å². The van der Waals surface area contributed by atoms with Crippen LogP contribution in [0.5, 0.6) is 0 Å². The zero-order valence-electron chi connectivity index (χ0n) is 20.0. The molecule has 0 spiro atoms. The summed E-state index contributed by atoms with van der Waals surface area (Å²) in [6, 6.07) is 15.1. The number of benzene rings is 2. The van der Waals surface area contributed by atoms with E-state index in [1.54, 1.807) is 30.9 Å². The van der Waals surface area contributed by atoms with Crippen molar-refractivity contribution in [3.8, 4) is 0 Å². The number of nitrogens with zero attached hydrogens (tertiary/aromatic N) is 1. The molecule has 1 unspecified atom stereocenters. The highest BCUT2D eigenvalue weighted by Gasteiger charge is 2.37. The number of esters is 1. The Morgan fingerprint density at radius 2 is 1.76 bits per heavy atom. The highest BCUT2D eigenvalue weighted by molar-refractivity contribution is 5.96. The summed E-state index contributed by atoms with van der Waals surface area (Å²) in [6.45, 7) is 9.98. The Morgan fingerprint density at radius 3 is 2.36 bits per heavy atom. The summed E-state index contributed by atoms with van der Waals surface area (Å²) < 4.78 is 5.37.